The standard InChI is InChI=1S/C9H12/c1-5-8(3)7-9(4)6-2/h5-7H,1-3H2,4H3/b9-7-. The molecular formula is C9H12. The highest BCUT2D eigenvalue weighted by Crippen LogP contribution is 2.00. The summed E-state index contributed by atoms with van der Waals surface area (Å²) in [5, 5.41) is 0. The lowest BCUT2D eigenvalue weighted by molar-refractivity contribution is 1.51. The van der Waals surface area contributed by atoms with Gasteiger partial charge in [0.05, 0.1) is 0 Å². The summed E-state index contributed by atoms with van der Waals surface area (Å²) in [6.07, 6.45) is 5.43. The lowest BCUT2D eigenvalue weighted by atomic mass is 10.2. The predicted molar refractivity (Wildman–Crippen MR) is 43.3 cm³/mol. The van der Waals surface area contributed by atoms with E-state index in [4.69, 9.17) is 0 Å². The minimum absolute atomic E-state index is 0.924. The maximum Gasteiger partial charge on any atom is -0.0332 e. The molecule has 0 atom stereocenters. The summed E-state index contributed by atoms with van der Waals surface area (Å²) < 4.78 is 0. The fraction of sp³-hybridized carbons (Fsp3) is 0.111. The van der Waals surface area contributed by atoms with Crippen LogP contribution in [-0.4, -0.2) is 0 Å². The Labute approximate surface area is 56.9 Å². The van der Waals surface area contributed by atoms with Gasteiger partial charge in [-0.15, -0.1) is 0 Å². The minimum Gasteiger partial charge on any atom is -0.0988 e. The van der Waals surface area contributed by atoms with E-state index in [9.17, 15) is 0 Å². The summed E-state index contributed by atoms with van der Waals surface area (Å²) in [4.78, 5) is 0. The highest BCUT2D eigenvalue weighted by Gasteiger charge is 1.79. The maximum absolute atomic E-state index is 3.72. The molecule has 0 fully saturated rings. The van der Waals surface area contributed by atoms with Crippen LogP contribution in [0.4, 0.5) is 0 Å². The van der Waals surface area contributed by atoms with Gasteiger partial charge >= 0.3 is 0 Å². The van der Waals surface area contributed by atoms with Crippen LogP contribution < -0.4 is 0 Å². The van der Waals surface area contributed by atoms with Gasteiger partial charge < -0.3 is 0 Å². The van der Waals surface area contributed by atoms with Crippen LogP contribution in [0.15, 0.2) is 49.1 Å². The molecule has 0 nitrogen and oxygen atoms in total. The molecule has 0 aliphatic rings. The lowest BCUT2D eigenvalue weighted by Crippen LogP contribution is -1.68. The van der Waals surface area contributed by atoms with Gasteiger partial charge in [-0.25, -0.2) is 0 Å². The van der Waals surface area contributed by atoms with Gasteiger partial charge in [0, 0.05) is 0 Å². The normalized spacial score (nSPS) is 10.6. The van der Waals surface area contributed by atoms with E-state index in [1.165, 1.54) is 0 Å². The first-order valence-corrected chi connectivity index (χ1v) is 2.82. The van der Waals surface area contributed by atoms with Gasteiger partial charge in [-0.3, -0.25) is 0 Å². The van der Waals surface area contributed by atoms with Crippen LogP contribution in [0.25, 0.3) is 0 Å². The molecule has 0 heterocycles. The van der Waals surface area contributed by atoms with E-state index >= 15 is 0 Å². The monoisotopic (exact) mass is 120 g/mol. The average Bonchev–Trinajstić information content (AvgIpc) is 1.87. The van der Waals surface area contributed by atoms with Gasteiger partial charge in [-0.05, 0) is 12.5 Å². The minimum atomic E-state index is 0.924. The first-order valence-electron chi connectivity index (χ1n) is 2.82. The van der Waals surface area contributed by atoms with Crippen molar-refractivity contribution >= 4 is 0 Å². The summed E-state index contributed by atoms with van der Waals surface area (Å²) >= 11 is 0. The van der Waals surface area contributed by atoms with Gasteiger partial charge in [0.15, 0.2) is 0 Å². The van der Waals surface area contributed by atoms with Crippen LogP contribution in [0.5, 0.6) is 0 Å². The van der Waals surface area contributed by atoms with E-state index in [2.05, 4.69) is 19.7 Å². The van der Waals surface area contributed by atoms with Crippen molar-refractivity contribution in [3.63, 3.8) is 0 Å². The molecule has 0 saturated carbocycles. The van der Waals surface area contributed by atoms with Gasteiger partial charge in [-0.1, -0.05) is 43.5 Å². The number of hydrogen-bond donors (Lipinski definition) is 0. The molecule has 0 aliphatic carbocycles. The molecule has 0 aliphatic heterocycles. The van der Waals surface area contributed by atoms with Crippen molar-refractivity contribution in [3.8, 4) is 0 Å². The zero-order valence-corrected chi connectivity index (χ0v) is 5.85. The molecule has 9 heavy (non-hydrogen) atoms. The largest absolute Gasteiger partial charge is 0.0988 e. The first-order chi connectivity index (χ1) is 4.20. The fourth-order valence-electron chi connectivity index (χ4n) is 0.410. The van der Waals surface area contributed by atoms with Crippen LogP contribution >= 0.6 is 0 Å². The van der Waals surface area contributed by atoms with Crippen molar-refractivity contribution in [2.75, 3.05) is 0 Å². The number of hydrogen-bond acceptors (Lipinski definition) is 0. The van der Waals surface area contributed by atoms with Crippen LogP contribution in [0.1, 0.15) is 6.92 Å². The van der Waals surface area contributed by atoms with Gasteiger partial charge in [0.1, 0.15) is 0 Å². The van der Waals surface area contributed by atoms with Crippen LogP contribution in [0.2, 0.25) is 0 Å². The molecule has 0 radical (unpaired) electrons. The summed E-state index contributed by atoms with van der Waals surface area (Å²) in [5.74, 6) is 0. The molecule has 0 aromatic rings. The SMILES string of the molecule is C=CC(=C)/C=C(/C)C=C. The second-order valence-corrected chi connectivity index (χ2v) is 1.87. The van der Waals surface area contributed by atoms with Gasteiger partial charge in [0.25, 0.3) is 0 Å². The van der Waals surface area contributed by atoms with Crippen molar-refractivity contribution < 1.29 is 0 Å². The quantitative estimate of drug-likeness (QED) is 0.502. The summed E-state index contributed by atoms with van der Waals surface area (Å²) in [7, 11) is 0. The summed E-state index contributed by atoms with van der Waals surface area (Å²) in [6, 6.07) is 0. The zero-order chi connectivity index (χ0) is 7.28. The third kappa shape index (κ3) is 3.53. The van der Waals surface area contributed by atoms with Crippen LogP contribution in [-0.2, 0) is 0 Å². The van der Waals surface area contributed by atoms with Crippen molar-refractivity contribution in [1.29, 1.82) is 0 Å². The van der Waals surface area contributed by atoms with Crippen molar-refractivity contribution in [3.05, 3.63) is 49.1 Å². The van der Waals surface area contributed by atoms with Gasteiger partial charge in [0.2, 0.25) is 0 Å². The third-order valence-corrected chi connectivity index (χ3v) is 0.997. The Hall–Kier alpha value is -1.04. The van der Waals surface area contributed by atoms with Gasteiger partial charge in [-0.2, -0.15) is 0 Å². The van der Waals surface area contributed by atoms with Crippen molar-refractivity contribution in [1.82, 2.24) is 0 Å². The smallest absolute Gasteiger partial charge is 0.0332 e. The van der Waals surface area contributed by atoms with Crippen LogP contribution in [0, 0.1) is 0 Å². The molecule has 0 rings (SSSR count). The molecular weight excluding hydrogens is 108 g/mol. The summed E-state index contributed by atoms with van der Waals surface area (Å²) in [6.45, 7) is 12.9. The van der Waals surface area contributed by atoms with Crippen molar-refractivity contribution in [2.24, 2.45) is 0 Å². The Kier molecular flexibility index (Phi) is 3.45. The lowest BCUT2D eigenvalue weighted by Gasteiger charge is -1.89. The Morgan fingerprint density at radius 1 is 1.22 bits per heavy atom. The second-order valence-electron chi connectivity index (χ2n) is 1.87. The van der Waals surface area contributed by atoms with E-state index in [1.807, 2.05) is 13.0 Å². The average molecular weight is 120 g/mol. The molecule has 0 heteroatoms. The summed E-state index contributed by atoms with van der Waals surface area (Å²) in [5.41, 5.74) is 2.03. The fourth-order valence-corrected chi connectivity index (χ4v) is 0.410. The Morgan fingerprint density at radius 3 is 2.11 bits per heavy atom. The van der Waals surface area contributed by atoms with Crippen molar-refractivity contribution in [2.45, 2.75) is 6.92 Å². The van der Waals surface area contributed by atoms with E-state index in [0.717, 1.165) is 11.1 Å². The molecule has 48 valence electrons. The predicted octanol–water partition coefficient (Wildman–Crippen LogP) is 2.86. The topological polar surface area (TPSA) is 0 Å². The highest BCUT2D eigenvalue weighted by atomic mass is 13.9. The zero-order valence-electron chi connectivity index (χ0n) is 5.85. The number of allylic oxidation sites excluding steroid dienone is 5. The van der Waals surface area contributed by atoms with E-state index in [1.54, 1.807) is 12.2 Å². The van der Waals surface area contributed by atoms with Crippen LogP contribution in [0.3, 0.4) is 0 Å². The number of rotatable bonds is 3. The highest BCUT2D eigenvalue weighted by molar-refractivity contribution is 5.32. The Morgan fingerprint density at radius 2 is 1.78 bits per heavy atom. The van der Waals surface area contributed by atoms with E-state index < -0.39 is 0 Å². The Bertz CT molecular complexity index is 159. The van der Waals surface area contributed by atoms with E-state index in [0.29, 0.717) is 0 Å². The van der Waals surface area contributed by atoms with E-state index in [-0.39, 0.29) is 0 Å². The molecule has 0 aromatic heterocycles. The molecule has 0 amide bonds. The molecule has 0 aromatic carbocycles. The third-order valence-electron chi connectivity index (χ3n) is 0.997. The molecule has 0 spiro atoms. The second kappa shape index (κ2) is 3.90. The molecule has 0 unspecified atom stereocenters. The Balaban J connectivity index is 4.10. The molecule has 0 N–H and O–H groups in total. The maximum atomic E-state index is 3.72. The molecule has 0 saturated heterocycles. The molecule has 0 bridgehead atoms. The first kappa shape index (κ1) is 7.96.